The maximum absolute atomic E-state index is 5.25. The van der Waals surface area contributed by atoms with E-state index in [1.807, 2.05) is 24.7 Å². The molecule has 1 aliphatic rings. The highest BCUT2D eigenvalue weighted by atomic mass is 32.1. The van der Waals surface area contributed by atoms with Crippen LogP contribution in [-0.4, -0.2) is 24.5 Å². The number of H-pyrrole nitrogens is 1. The predicted octanol–water partition coefficient (Wildman–Crippen LogP) is 1.98. The van der Waals surface area contributed by atoms with Crippen molar-refractivity contribution >= 4 is 12.2 Å². The quantitative estimate of drug-likeness (QED) is 0.810. The van der Waals surface area contributed by atoms with Crippen LogP contribution >= 0.6 is 12.2 Å². The average Bonchev–Trinajstić information content (AvgIpc) is 2.91. The molecule has 0 saturated heterocycles. The molecule has 0 unspecified atom stereocenters. The van der Waals surface area contributed by atoms with E-state index >= 15 is 0 Å². The molecule has 0 aliphatic heterocycles. The Bertz CT molecular complexity index is 587. The fourth-order valence-corrected chi connectivity index (χ4v) is 2.26. The van der Waals surface area contributed by atoms with Crippen LogP contribution in [0.1, 0.15) is 24.6 Å². The number of hydrogen-bond acceptors (Lipinski definition) is 3. The minimum Gasteiger partial charge on any atom is -0.296 e. The number of hydrogen-bond donors (Lipinski definition) is 1. The van der Waals surface area contributed by atoms with E-state index in [0.29, 0.717) is 10.8 Å². The van der Waals surface area contributed by atoms with Crippen LogP contribution in [0.5, 0.6) is 0 Å². The third kappa shape index (κ3) is 1.41. The van der Waals surface area contributed by atoms with Crippen molar-refractivity contribution in [1.82, 2.24) is 24.5 Å². The summed E-state index contributed by atoms with van der Waals surface area (Å²) < 4.78 is 4.65. The van der Waals surface area contributed by atoms with Gasteiger partial charge in [0, 0.05) is 13.1 Å². The summed E-state index contributed by atoms with van der Waals surface area (Å²) in [4.78, 5) is 0. The molecule has 3 rings (SSSR count). The zero-order valence-corrected chi connectivity index (χ0v) is 10.1. The molecule has 1 aliphatic carbocycles. The number of nitrogens with one attached hydrogen (secondary N) is 1. The van der Waals surface area contributed by atoms with Crippen LogP contribution in [0.2, 0.25) is 0 Å². The van der Waals surface area contributed by atoms with Gasteiger partial charge >= 0.3 is 0 Å². The summed E-state index contributed by atoms with van der Waals surface area (Å²) in [6, 6.07) is 2.56. The topological polar surface area (TPSA) is 51.4 Å². The molecule has 1 fully saturated rings. The highest BCUT2D eigenvalue weighted by Gasteiger charge is 2.28. The number of aromatic nitrogens is 5. The molecule has 1 saturated carbocycles. The summed E-state index contributed by atoms with van der Waals surface area (Å²) in [5, 5.41) is 11.5. The van der Waals surface area contributed by atoms with Gasteiger partial charge in [-0.05, 0) is 38.0 Å². The molecular weight excluding hydrogens is 222 g/mol. The van der Waals surface area contributed by atoms with Gasteiger partial charge in [-0.15, -0.1) is 0 Å². The molecule has 16 heavy (non-hydrogen) atoms. The van der Waals surface area contributed by atoms with E-state index in [2.05, 4.69) is 19.9 Å². The SMILES string of the molecule is Cc1cc(-c2n[nH]c(=S)n2C2CC2)n(C)n1. The van der Waals surface area contributed by atoms with Crippen molar-refractivity contribution < 1.29 is 0 Å². The Hall–Kier alpha value is -1.43. The van der Waals surface area contributed by atoms with E-state index in [-0.39, 0.29) is 0 Å². The van der Waals surface area contributed by atoms with E-state index in [1.165, 1.54) is 12.8 Å². The summed E-state index contributed by atoms with van der Waals surface area (Å²) in [5.41, 5.74) is 2.01. The Morgan fingerprint density at radius 2 is 2.25 bits per heavy atom. The Balaban J connectivity index is 2.19. The highest BCUT2D eigenvalue weighted by Crippen LogP contribution is 2.37. The van der Waals surface area contributed by atoms with E-state index < -0.39 is 0 Å². The zero-order chi connectivity index (χ0) is 11.3. The van der Waals surface area contributed by atoms with Gasteiger partial charge in [0.15, 0.2) is 10.6 Å². The molecule has 84 valence electrons. The summed E-state index contributed by atoms with van der Waals surface area (Å²) in [6.07, 6.45) is 2.38. The lowest BCUT2D eigenvalue weighted by Gasteiger charge is -2.04. The summed E-state index contributed by atoms with van der Waals surface area (Å²) in [5.74, 6) is 0.899. The van der Waals surface area contributed by atoms with Gasteiger partial charge in [0.25, 0.3) is 0 Å². The fraction of sp³-hybridized carbons (Fsp3) is 0.500. The lowest BCUT2D eigenvalue weighted by Crippen LogP contribution is -2.02. The first-order chi connectivity index (χ1) is 7.66. The first-order valence-corrected chi connectivity index (χ1v) is 5.75. The Labute approximate surface area is 98.1 Å². The van der Waals surface area contributed by atoms with Crippen molar-refractivity contribution in [2.45, 2.75) is 25.8 Å². The summed E-state index contributed by atoms with van der Waals surface area (Å²) >= 11 is 5.25. The van der Waals surface area contributed by atoms with Crippen LogP contribution < -0.4 is 0 Å². The Kier molecular flexibility index (Phi) is 2.00. The van der Waals surface area contributed by atoms with E-state index in [4.69, 9.17) is 12.2 Å². The first kappa shape index (κ1) is 9.77. The molecule has 6 heteroatoms. The number of nitrogens with zero attached hydrogens (tertiary/aromatic N) is 4. The van der Waals surface area contributed by atoms with Crippen LogP contribution in [0.25, 0.3) is 11.5 Å². The molecule has 5 nitrogen and oxygen atoms in total. The lowest BCUT2D eigenvalue weighted by molar-refractivity contribution is 0.711. The van der Waals surface area contributed by atoms with Gasteiger partial charge in [0.1, 0.15) is 5.69 Å². The number of aryl methyl sites for hydroxylation is 2. The van der Waals surface area contributed by atoms with Gasteiger partial charge in [-0.1, -0.05) is 0 Å². The molecule has 0 radical (unpaired) electrons. The monoisotopic (exact) mass is 235 g/mol. The van der Waals surface area contributed by atoms with Gasteiger partial charge in [0.05, 0.1) is 5.69 Å². The second kappa shape index (κ2) is 3.28. The maximum Gasteiger partial charge on any atom is 0.195 e. The molecule has 2 heterocycles. The van der Waals surface area contributed by atoms with Crippen LogP contribution in [0.15, 0.2) is 6.07 Å². The predicted molar refractivity (Wildman–Crippen MR) is 62.6 cm³/mol. The minimum absolute atomic E-state index is 0.524. The van der Waals surface area contributed by atoms with Gasteiger partial charge in [0.2, 0.25) is 0 Å². The van der Waals surface area contributed by atoms with Crippen molar-refractivity contribution in [3.05, 3.63) is 16.5 Å². The molecule has 0 spiro atoms. The molecule has 0 bridgehead atoms. The van der Waals surface area contributed by atoms with Crippen LogP contribution in [0.4, 0.5) is 0 Å². The molecule has 0 atom stereocenters. The summed E-state index contributed by atoms with van der Waals surface area (Å²) in [6.45, 7) is 1.98. The average molecular weight is 235 g/mol. The Morgan fingerprint density at radius 1 is 1.50 bits per heavy atom. The largest absolute Gasteiger partial charge is 0.296 e. The fourth-order valence-electron chi connectivity index (χ4n) is 1.98. The first-order valence-electron chi connectivity index (χ1n) is 5.35. The van der Waals surface area contributed by atoms with Crippen molar-refractivity contribution in [3.8, 4) is 11.5 Å². The molecule has 2 aromatic heterocycles. The van der Waals surface area contributed by atoms with Gasteiger partial charge < -0.3 is 0 Å². The van der Waals surface area contributed by atoms with E-state index in [0.717, 1.165) is 17.2 Å². The van der Waals surface area contributed by atoms with E-state index in [9.17, 15) is 0 Å². The van der Waals surface area contributed by atoms with Gasteiger partial charge in [-0.2, -0.15) is 10.2 Å². The number of rotatable bonds is 2. The third-order valence-corrected chi connectivity index (χ3v) is 3.14. The number of aromatic amines is 1. The second-order valence-electron chi connectivity index (χ2n) is 4.25. The van der Waals surface area contributed by atoms with Crippen molar-refractivity contribution in [2.24, 2.45) is 7.05 Å². The minimum atomic E-state index is 0.524. The zero-order valence-electron chi connectivity index (χ0n) is 9.27. The lowest BCUT2D eigenvalue weighted by atomic mass is 10.3. The maximum atomic E-state index is 5.25. The Morgan fingerprint density at radius 3 is 2.81 bits per heavy atom. The van der Waals surface area contributed by atoms with Crippen molar-refractivity contribution in [3.63, 3.8) is 0 Å². The molecule has 2 aromatic rings. The van der Waals surface area contributed by atoms with Crippen LogP contribution in [0.3, 0.4) is 0 Å². The van der Waals surface area contributed by atoms with Gasteiger partial charge in [-0.3, -0.25) is 14.3 Å². The van der Waals surface area contributed by atoms with Crippen molar-refractivity contribution in [1.29, 1.82) is 0 Å². The highest BCUT2D eigenvalue weighted by molar-refractivity contribution is 7.71. The van der Waals surface area contributed by atoms with Crippen LogP contribution in [0, 0.1) is 11.7 Å². The van der Waals surface area contributed by atoms with Crippen molar-refractivity contribution in [2.75, 3.05) is 0 Å². The molecule has 0 amide bonds. The molecular formula is C10H13N5S. The normalized spacial score (nSPS) is 15.6. The van der Waals surface area contributed by atoms with E-state index in [1.54, 1.807) is 0 Å². The third-order valence-electron chi connectivity index (χ3n) is 2.85. The van der Waals surface area contributed by atoms with Crippen LogP contribution in [-0.2, 0) is 7.05 Å². The molecule has 1 N–H and O–H groups in total. The second-order valence-corrected chi connectivity index (χ2v) is 4.63. The van der Waals surface area contributed by atoms with Gasteiger partial charge in [-0.25, -0.2) is 0 Å². The smallest absolute Gasteiger partial charge is 0.195 e. The summed E-state index contributed by atoms with van der Waals surface area (Å²) in [7, 11) is 1.93. The standard InChI is InChI=1S/C10H13N5S/c1-6-5-8(14(2)13-6)9-11-12-10(16)15(9)7-3-4-7/h5,7H,3-4H2,1-2H3,(H,12,16). The molecule has 0 aromatic carbocycles.